The number of carbonyl (C=O) groups is 1. The normalized spacial score (nSPS) is 28.1. The summed E-state index contributed by atoms with van der Waals surface area (Å²) in [5.74, 6) is 0.0935. The third-order valence-electron chi connectivity index (χ3n) is 2.99. The van der Waals surface area contributed by atoms with E-state index in [9.17, 15) is 4.79 Å². The Morgan fingerprint density at radius 3 is 2.58 bits per heavy atom. The molecule has 0 aromatic carbocycles. The van der Waals surface area contributed by atoms with Gasteiger partial charge in [0.05, 0.1) is 13.0 Å². The first-order valence-electron chi connectivity index (χ1n) is 4.66. The number of rotatable bonds is 1. The van der Waals surface area contributed by atoms with Crippen LogP contribution in [0.3, 0.4) is 0 Å². The molecule has 0 aromatic rings. The predicted molar refractivity (Wildman–Crippen MR) is 47.8 cm³/mol. The smallest absolute Gasteiger partial charge is 0.309 e. The predicted octanol–water partition coefficient (Wildman–Crippen LogP) is 2.38. The van der Waals surface area contributed by atoms with Gasteiger partial charge in [-0.2, -0.15) is 0 Å². The highest BCUT2D eigenvalue weighted by atomic mass is 16.5. The van der Waals surface area contributed by atoms with E-state index in [1.165, 1.54) is 20.0 Å². The topological polar surface area (TPSA) is 26.3 Å². The summed E-state index contributed by atoms with van der Waals surface area (Å²) in [6.07, 6.45) is 4.57. The van der Waals surface area contributed by atoms with E-state index in [2.05, 4.69) is 13.8 Å². The van der Waals surface area contributed by atoms with E-state index >= 15 is 0 Å². The second-order valence-corrected chi connectivity index (χ2v) is 4.31. The average molecular weight is 170 g/mol. The second-order valence-electron chi connectivity index (χ2n) is 4.31. The van der Waals surface area contributed by atoms with Crippen molar-refractivity contribution in [2.75, 3.05) is 7.11 Å². The van der Waals surface area contributed by atoms with Gasteiger partial charge in [-0.15, -0.1) is 0 Å². The quantitative estimate of drug-likeness (QED) is 0.565. The monoisotopic (exact) mass is 170 g/mol. The highest BCUT2D eigenvalue weighted by molar-refractivity contribution is 5.73. The Kier molecular flexibility index (Phi) is 2.76. The first-order chi connectivity index (χ1) is 5.58. The summed E-state index contributed by atoms with van der Waals surface area (Å²) in [4.78, 5) is 11.4. The molecule has 2 heteroatoms. The van der Waals surface area contributed by atoms with Crippen molar-refractivity contribution in [2.45, 2.75) is 39.5 Å². The molecule has 1 fully saturated rings. The number of hydrogen-bond acceptors (Lipinski definition) is 2. The third-order valence-corrected chi connectivity index (χ3v) is 2.99. The van der Waals surface area contributed by atoms with Crippen molar-refractivity contribution in [3.8, 4) is 0 Å². The lowest BCUT2D eigenvalue weighted by Crippen LogP contribution is -2.34. The van der Waals surface area contributed by atoms with Gasteiger partial charge in [0, 0.05) is 0 Å². The number of esters is 1. The fourth-order valence-corrected chi connectivity index (χ4v) is 2.07. The van der Waals surface area contributed by atoms with Crippen LogP contribution in [0.1, 0.15) is 39.5 Å². The van der Waals surface area contributed by atoms with Crippen molar-refractivity contribution in [3.63, 3.8) is 0 Å². The molecule has 12 heavy (non-hydrogen) atoms. The second kappa shape index (κ2) is 3.46. The van der Waals surface area contributed by atoms with Crippen molar-refractivity contribution < 1.29 is 9.53 Å². The summed E-state index contributed by atoms with van der Waals surface area (Å²) in [5.41, 5.74) is 0.144. The molecule has 0 aliphatic heterocycles. The average Bonchev–Trinajstić information content (AvgIpc) is 2.02. The summed E-state index contributed by atoms with van der Waals surface area (Å²) in [5, 5.41) is 0. The van der Waals surface area contributed by atoms with Crippen molar-refractivity contribution in [3.05, 3.63) is 0 Å². The number of hydrogen-bond donors (Lipinski definition) is 0. The molecule has 1 saturated carbocycles. The maximum Gasteiger partial charge on any atom is 0.309 e. The molecule has 1 unspecified atom stereocenters. The van der Waals surface area contributed by atoms with Crippen LogP contribution in [0.5, 0.6) is 0 Å². The van der Waals surface area contributed by atoms with E-state index in [0.717, 1.165) is 12.8 Å². The van der Waals surface area contributed by atoms with Crippen LogP contribution >= 0.6 is 0 Å². The summed E-state index contributed by atoms with van der Waals surface area (Å²) in [6, 6.07) is 0. The number of methoxy groups -OCH3 is 1. The van der Waals surface area contributed by atoms with E-state index in [1.807, 2.05) is 0 Å². The van der Waals surface area contributed by atoms with Crippen LogP contribution in [0.4, 0.5) is 0 Å². The molecule has 1 aliphatic carbocycles. The van der Waals surface area contributed by atoms with Gasteiger partial charge in [0.15, 0.2) is 0 Å². The molecule has 0 aromatic heterocycles. The van der Waals surface area contributed by atoms with Crippen LogP contribution in [-0.2, 0) is 9.53 Å². The molecule has 1 atom stereocenters. The Morgan fingerprint density at radius 2 is 2.08 bits per heavy atom. The molecule has 1 rings (SSSR count). The van der Waals surface area contributed by atoms with Crippen LogP contribution in [0, 0.1) is 11.3 Å². The molecule has 1 aliphatic rings. The lowest BCUT2D eigenvalue weighted by molar-refractivity contribution is -0.151. The zero-order chi connectivity index (χ0) is 9.19. The Morgan fingerprint density at radius 1 is 1.42 bits per heavy atom. The van der Waals surface area contributed by atoms with Crippen LogP contribution < -0.4 is 0 Å². The third kappa shape index (κ3) is 1.79. The molecule has 2 nitrogen and oxygen atoms in total. The largest absolute Gasteiger partial charge is 0.469 e. The van der Waals surface area contributed by atoms with Gasteiger partial charge in [0.25, 0.3) is 0 Å². The van der Waals surface area contributed by atoms with Gasteiger partial charge in [-0.25, -0.2) is 0 Å². The van der Waals surface area contributed by atoms with E-state index in [0.29, 0.717) is 0 Å². The minimum absolute atomic E-state index is 0.0281. The maximum atomic E-state index is 11.4. The molecule has 0 radical (unpaired) electrons. The summed E-state index contributed by atoms with van der Waals surface area (Å²) in [7, 11) is 1.48. The van der Waals surface area contributed by atoms with E-state index in [1.54, 1.807) is 0 Å². The molecular weight excluding hydrogens is 152 g/mol. The molecule has 70 valence electrons. The van der Waals surface area contributed by atoms with Gasteiger partial charge < -0.3 is 4.74 Å². The first-order valence-corrected chi connectivity index (χ1v) is 4.66. The SMILES string of the molecule is COC(=O)C1CCCCC1(C)C. The van der Waals surface area contributed by atoms with Crippen molar-refractivity contribution in [2.24, 2.45) is 11.3 Å². The van der Waals surface area contributed by atoms with E-state index < -0.39 is 0 Å². The first kappa shape index (κ1) is 9.56. The van der Waals surface area contributed by atoms with E-state index in [-0.39, 0.29) is 17.3 Å². The molecule has 0 bridgehead atoms. The highest BCUT2D eigenvalue weighted by Crippen LogP contribution is 2.40. The minimum atomic E-state index is -0.0281. The van der Waals surface area contributed by atoms with Crippen molar-refractivity contribution in [1.82, 2.24) is 0 Å². The lowest BCUT2D eigenvalue weighted by atomic mass is 9.69. The van der Waals surface area contributed by atoms with Crippen LogP contribution in [0.2, 0.25) is 0 Å². The van der Waals surface area contributed by atoms with Crippen LogP contribution in [0.25, 0.3) is 0 Å². The molecule has 0 spiro atoms. The summed E-state index contributed by atoms with van der Waals surface area (Å²) < 4.78 is 4.79. The van der Waals surface area contributed by atoms with Crippen LogP contribution in [0.15, 0.2) is 0 Å². The van der Waals surface area contributed by atoms with Gasteiger partial charge in [-0.1, -0.05) is 26.7 Å². The maximum absolute atomic E-state index is 11.4. The fourth-order valence-electron chi connectivity index (χ4n) is 2.07. The zero-order valence-corrected chi connectivity index (χ0v) is 8.22. The molecular formula is C10H18O2. The zero-order valence-electron chi connectivity index (χ0n) is 8.22. The Balaban J connectivity index is 2.66. The van der Waals surface area contributed by atoms with Gasteiger partial charge in [0.2, 0.25) is 0 Å². The van der Waals surface area contributed by atoms with Crippen LogP contribution in [-0.4, -0.2) is 13.1 Å². The minimum Gasteiger partial charge on any atom is -0.469 e. The van der Waals surface area contributed by atoms with Crippen molar-refractivity contribution >= 4 is 5.97 Å². The molecule has 0 N–H and O–H groups in total. The van der Waals surface area contributed by atoms with Gasteiger partial charge in [0.1, 0.15) is 0 Å². The highest BCUT2D eigenvalue weighted by Gasteiger charge is 2.37. The standard InChI is InChI=1S/C10H18O2/c1-10(2)7-5-4-6-8(10)9(11)12-3/h8H,4-7H2,1-3H3. The Hall–Kier alpha value is -0.530. The van der Waals surface area contributed by atoms with Gasteiger partial charge in [-0.3, -0.25) is 4.79 Å². The number of ether oxygens (including phenoxy) is 1. The Labute approximate surface area is 74.3 Å². The van der Waals surface area contributed by atoms with Crippen molar-refractivity contribution in [1.29, 1.82) is 0 Å². The summed E-state index contributed by atoms with van der Waals surface area (Å²) >= 11 is 0. The molecule has 0 amide bonds. The molecule has 0 heterocycles. The van der Waals surface area contributed by atoms with E-state index in [4.69, 9.17) is 4.74 Å². The summed E-state index contributed by atoms with van der Waals surface area (Å²) in [6.45, 7) is 4.32. The fraction of sp³-hybridized carbons (Fsp3) is 0.900. The van der Waals surface area contributed by atoms with Gasteiger partial charge in [-0.05, 0) is 18.3 Å². The Bertz CT molecular complexity index is 173. The lowest BCUT2D eigenvalue weighted by Gasteiger charge is -2.36. The number of carbonyl (C=O) groups excluding carboxylic acids is 1. The molecule has 0 saturated heterocycles. The van der Waals surface area contributed by atoms with Gasteiger partial charge >= 0.3 is 5.97 Å².